The summed E-state index contributed by atoms with van der Waals surface area (Å²) in [4.78, 5) is 15.3. The third kappa shape index (κ3) is 4.60. The van der Waals surface area contributed by atoms with E-state index < -0.39 is 0 Å². The van der Waals surface area contributed by atoms with Crippen molar-refractivity contribution in [2.75, 3.05) is 11.9 Å². The zero-order valence-corrected chi connectivity index (χ0v) is 9.46. The molecule has 1 rings (SSSR count). The topological polar surface area (TPSA) is 64.4 Å². The number of hydrogen-bond donors (Lipinski definition) is 1. The van der Waals surface area contributed by atoms with Crippen LogP contribution in [0.2, 0.25) is 0 Å². The van der Waals surface area contributed by atoms with Crippen LogP contribution < -0.4 is 5.32 Å². The minimum absolute atomic E-state index is 0.00900. The molecule has 0 atom stereocenters. The van der Waals surface area contributed by atoms with E-state index in [9.17, 15) is 4.79 Å². The van der Waals surface area contributed by atoms with Crippen LogP contribution >= 0.6 is 0 Å². The summed E-state index contributed by atoms with van der Waals surface area (Å²) in [6, 6.07) is 0.204. The minimum atomic E-state index is -0.330. The van der Waals surface area contributed by atoms with Crippen LogP contribution in [-0.4, -0.2) is 23.1 Å². The number of carbonyl (C=O) groups excluding carboxylic acids is 1. The Labute approximate surface area is 88.8 Å². The molecule has 0 aliphatic rings. The molecule has 0 radical (unpaired) electrons. The predicted molar refractivity (Wildman–Crippen MR) is 55.6 cm³/mol. The maximum absolute atomic E-state index is 11.3. The van der Waals surface area contributed by atoms with Gasteiger partial charge in [0.25, 0.3) is 5.91 Å². The zero-order valence-electron chi connectivity index (χ0n) is 9.46. The van der Waals surface area contributed by atoms with E-state index in [-0.39, 0.29) is 24.1 Å². The van der Waals surface area contributed by atoms with Gasteiger partial charge in [0, 0.05) is 0 Å². The second-order valence-electron chi connectivity index (χ2n) is 4.24. The lowest BCUT2D eigenvalue weighted by atomic mass is 10.2. The van der Waals surface area contributed by atoms with Crippen molar-refractivity contribution in [3.8, 4) is 0 Å². The van der Waals surface area contributed by atoms with E-state index >= 15 is 0 Å². The minimum Gasteiger partial charge on any atom is -0.432 e. The summed E-state index contributed by atoms with van der Waals surface area (Å²) < 4.78 is 10.3. The van der Waals surface area contributed by atoms with Gasteiger partial charge in [-0.15, -0.1) is 0 Å². The van der Waals surface area contributed by atoms with Crippen molar-refractivity contribution in [1.82, 2.24) is 4.98 Å². The fourth-order valence-electron chi connectivity index (χ4n) is 0.849. The normalized spacial score (nSPS) is 11.5. The Kier molecular flexibility index (Phi) is 3.47. The maximum Gasteiger partial charge on any atom is 0.301 e. The molecule has 1 N–H and O–H groups in total. The van der Waals surface area contributed by atoms with Crippen LogP contribution in [0.25, 0.3) is 0 Å². The number of carbonyl (C=O) groups is 1. The fourth-order valence-corrected chi connectivity index (χ4v) is 0.849. The SMILES string of the molecule is Cc1coc(NC(=O)COC(C)(C)C)n1. The van der Waals surface area contributed by atoms with E-state index in [4.69, 9.17) is 9.15 Å². The van der Waals surface area contributed by atoms with Crippen LogP contribution in [0.15, 0.2) is 10.7 Å². The lowest BCUT2D eigenvalue weighted by Gasteiger charge is -2.18. The van der Waals surface area contributed by atoms with Crippen molar-refractivity contribution in [3.05, 3.63) is 12.0 Å². The zero-order chi connectivity index (χ0) is 11.5. The summed E-state index contributed by atoms with van der Waals surface area (Å²) in [5.74, 6) is -0.272. The number of nitrogens with zero attached hydrogens (tertiary/aromatic N) is 1. The fraction of sp³-hybridized carbons (Fsp3) is 0.600. The van der Waals surface area contributed by atoms with Gasteiger partial charge in [0.05, 0.1) is 11.3 Å². The summed E-state index contributed by atoms with van der Waals surface area (Å²) in [5.41, 5.74) is 0.395. The van der Waals surface area contributed by atoms with Gasteiger partial charge in [-0.1, -0.05) is 0 Å². The van der Waals surface area contributed by atoms with E-state index in [2.05, 4.69) is 10.3 Å². The summed E-state index contributed by atoms with van der Waals surface area (Å²) >= 11 is 0. The van der Waals surface area contributed by atoms with Crippen molar-refractivity contribution < 1.29 is 13.9 Å². The number of hydrogen-bond acceptors (Lipinski definition) is 4. The highest BCUT2D eigenvalue weighted by Gasteiger charge is 2.14. The van der Waals surface area contributed by atoms with E-state index in [1.165, 1.54) is 6.26 Å². The smallest absolute Gasteiger partial charge is 0.301 e. The van der Waals surface area contributed by atoms with Crippen LogP contribution in [0.5, 0.6) is 0 Å². The van der Waals surface area contributed by atoms with E-state index in [0.29, 0.717) is 0 Å². The number of oxazole rings is 1. The molecule has 15 heavy (non-hydrogen) atoms. The van der Waals surface area contributed by atoms with Gasteiger partial charge >= 0.3 is 6.01 Å². The molecule has 5 heteroatoms. The highest BCUT2D eigenvalue weighted by Crippen LogP contribution is 2.08. The summed E-state index contributed by atoms with van der Waals surface area (Å²) in [5, 5.41) is 2.49. The largest absolute Gasteiger partial charge is 0.432 e. The number of amides is 1. The van der Waals surface area contributed by atoms with Crippen LogP contribution in [0.1, 0.15) is 26.5 Å². The Morgan fingerprint density at radius 1 is 1.60 bits per heavy atom. The first-order valence-corrected chi connectivity index (χ1v) is 4.73. The molecule has 0 fully saturated rings. The molecule has 1 aromatic heterocycles. The average molecular weight is 212 g/mol. The van der Waals surface area contributed by atoms with Crippen molar-refractivity contribution >= 4 is 11.9 Å². The van der Waals surface area contributed by atoms with Gasteiger partial charge in [0.15, 0.2) is 0 Å². The molecule has 0 unspecified atom stereocenters. The van der Waals surface area contributed by atoms with Gasteiger partial charge < -0.3 is 9.15 Å². The summed E-state index contributed by atoms with van der Waals surface area (Å²) in [7, 11) is 0. The van der Waals surface area contributed by atoms with Gasteiger partial charge in [-0.3, -0.25) is 10.1 Å². The van der Waals surface area contributed by atoms with Gasteiger partial charge in [0.1, 0.15) is 12.9 Å². The number of ether oxygens (including phenoxy) is 1. The number of aromatic nitrogens is 1. The molecule has 1 aromatic rings. The number of nitrogens with one attached hydrogen (secondary N) is 1. The molecule has 0 saturated heterocycles. The Bertz CT molecular complexity index is 339. The van der Waals surface area contributed by atoms with Crippen LogP contribution in [0, 0.1) is 6.92 Å². The van der Waals surface area contributed by atoms with Gasteiger partial charge in [-0.25, -0.2) is 0 Å². The Morgan fingerprint density at radius 2 is 2.27 bits per heavy atom. The van der Waals surface area contributed by atoms with E-state index in [0.717, 1.165) is 5.69 Å². The molecule has 0 aliphatic heterocycles. The molecule has 1 amide bonds. The second-order valence-corrected chi connectivity index (χ2v) is 4.24. The lowest BCUT2D eigenvalue weighted by Crippen LogP contribution is -2.27. The van der Waals surface area contributed by atoms with Crippen LogP contribution in [-0.2, 0) is 9.53 Å². The van der Waals surface area contributed by atoms with E-state index in [1.807, 2.05) is 20.8 Å². The molecule has 0 aliphatic carbocycles. The molecular weight excluding hydrogens is 196 g/mol. The Balaban J connectivity index is 2.37. The third-order valence-electron chi connectivity index (χ3n) is 1.50. The second kappa shape index (κ2) is 4.44. The third-order valence-corrected chi connectivity index (χ3v) is 1.50. The summed E-state index contributed by atoms with van der Waals surface area (Å²) in [6.07, 6.45) is 1.47. The molecule has 1 heterocycles. The molecule has 0 spiro atoms. The quantitative estimate of drug-likeness (QED) is 0.828. The Hall–Kier alpha value is -1.36. The highest BCUT2D eigenvalue weighted by molar-refractivity contribution is 5.89. The monoisotopic (exact) mass is 212 g/mol. The van der Waals surface area contributed by atoms with Crippen LogP contribution in [0.3, 0.4) is 0 Å². The molecule has 0 saturated carbocycles. The molecule has 0 aromatic carbocycles. The van der Waals surface area contributed by atoms with Crippen molar-refractivity contribution in [2.24, 2.45) is 0 Å². The standard InChI is InChI=1S/C10H16N2O3/c1-7-5-14-9(11-7)12-8(13)6-15-10(2,3)4/h5H,6H2,1-4H3,(H,11,12,13). The summed E-state index contributed by atoms with van der Waals surface area (Å²) in [6.45, 7) is 7.43. The number of anilines is 1. The van der Waals surface area contributed by atoms with Crippen molar-refractivity contribution in [1.29, 1.82) is 0 Å². The molecule has 84 valence electrons. The Morgan fingerprint density at radius 3 is 2.73 bits per heavy atom. The van der Waals surface area contributed by atoms with E-state index in [1.54, 1.807) is 6.92 Å². The van der Waals surface area contributed by atoms with Crippen LogP contribution in [0.4, 0.5) is 6.01 Å². The maximum atomic E-state index is 11.3. The number of rotatable bonds is 3. The van der Waals surface area contributed by atoms with Gasteiger partial charge in [0.2, 0.25) is 0 Å². The van der Waals surface area contributed by atoms with Gasteiger partial charge in [-0.2, -0.15) is 4.98 Å². The highest BCUT2D eigenvalue weighted by atomic mass is 16.5. The molecular formula is C10H16N2O3. The number of aryl methyl sites for hydroxylation is 1. The lowest BCUT2D eigenvalue weighted by molar-refractivity contribution is -0.125. The van der Waals surface area contributed by atoms with Crippen molar-refractivity contribution in [3.63, 3.8) is 0 Å². The first-order valence-electron chi connectivity index (χ1n) is 4.73. The molecule has 0 bridgehead atoms. The average Bonchev–Trinajstić information content (AvgIpc) is 2.47. The molecule has 5 nitrogen and oxygen atoms in total. The first-order chi connectivity index (χ1) is 6.87. The van der Waals surface area contributed by atoms with Crippen molar-refractivity contribution in [2.45, 2.75) is 33.3 Å². The van der Waals surface area contributed by atoms with Gasteiger partial charge in [-0.05, 0) is 27.7 Å². The predicted octanol–water partition coefficient (Wildman–Crippen LogP) is 1.74. The first kappa shape index (κ1) is 11.7.